The van der Waals surface area contributed by atoms with Gasteiger partial charge in [0.25, 0.3) is 0 Å². The van der Waals surface area contributed by atoms with E-state index in [4.69, 9.17) is 4.74 Å². The van der Waals surface area contributed by atoms with Crippen molar-refractivity contribution >= 4 is 11.6 Å². The zero-order valence-corrected chi connectivity index (χ0v) is 12.2. The Balaban J connectivity index is 2.66. The van der Waals surface area contributed by atoms with Gasteiger partial charge in [0.05, 0.1) is 18.1 Å². The van der Waals surface area contributed by atoms with E-state index in [9.17, 15) is 18.0 Å². The van der Waals surface area contributed by atoms with Gasteiger partial charge in [0.1, 0.15) is 0 Å². The maximum atomic E-state index is 12.6. The number of hydrogen-bond donors (Lipinski definition) is 1. The van der Waals surface area contributed by atoms with Gasteiger partial charge in [0, 0.05) is 12.3 Å². The van der Waals surface area contributed by atoms with E-state index in [1.165, 1.54) is 12.1 Å². The maximum Gasteiger partial charge on any atom is 0.416 e. The molecule has 0 saturated carbocycles. The fourth-order valence-electron chi connectivity index (χ4n) is 1.99. The molecular weight excluding hydrogens is 283 g/mol. The van der Waals surface area contributed by atoms with E-state index in [2.05, 4.69) is 5.32 Å². The first-order chi connectivity index (χ1) is 9.86. The summed E-state index contributed by atoms with van der Waals surface area (Å²) >= 11 is 0. The third kappa shape index (κ3) is 6.16. The number of ether oxygens (including phenoxy) is 1. The summed E-state index contributed by atoms with van der Waals surface area (Å²) in [6, 6.07) is 4.59. The van der Waals surface area contributed by atoms with Crippen molar-refractivity contribution in [2.24, 2.45) is 0 Å². The van der Waals surface area contributed by atoms with Gasteiger partial charge in [-0.3, -0.25) is 4.79 Å². The molecule has 1 aromatic carbocycles. The van der Waals surface area contributed by atoms with Crippen molar-refractivity contribution in [3.8, 4) is 0 Å². The molecule has 0 spiro atoms. The molecule has 1 rings (SSSR count). The molecule has 1 unspecified atom stereocenters. The lowest BCUT2D eigenvalue weighted by atomic mass is 10.1. The summed E-state index contributed by atoms with van der Waals surface area (Å²) in [4.78, 5) is 11.9. The molecule has 0 saturated heterocycles. The largest absolute Gasteiger partial charge is 0.416 e. The van der Waals surface area contributed by atoms with Crippen molar-refractivity contribution in [1.29, 1.82) is 0 Å². The fraction of sp³-hybridized carbons (Fsp3) is 0.533. The van der Waals surface area contributed by atoms with Crippen LogP contribution in [0.15, 0.2) is 24.3 Å². The van der Waals surface area contributed by atoms with Gasteiger partial charge in [-0.1, -0.05) is 19.4 Å². The molecule has 6 heteroatoms. The number of amides is 1. The molecule has 0 aliphatic carbocycles. The van der Waals surface area contributed by atoms with Crippen LogP contribution in [0.1, 0.15) is 38.7 Å². The number of alkyl halides is 3. The van der Waals surface area contributed by atoms with Gasteiger partial charge in [-0.2, -0.15) is 13.2 Å². The van der Waals surface area contributed by atoms with Crippen LogP contribution >= 0.6 is 0 Å². The van der Waals surface area contributed by atoms with E-state index in [1.807, 2.05) is 13.8 Å². The average molecular weight is 303 g/mol. The Morgan fingerprint density at radius 1 is 1.33 bits per heavy atom. The van der Waals surface area contributed by atoms with Gasteiger partial charge in [-0.15, -0.1) is 0 Å². The number of anilines is 1. The first kappa shape index (κ1) is 17.5. The normalized spacial score (nSPS) is 13.0. The highest BCUT2D eigenvalue weighted by atomic mass is 19.4. The summed E-state index contributed by atoms with van der Waals surface area (Å²) in [5.41, 5.74) is -0.642. The summed E-state index contributed by atoms with van der Waals surface area (Å²) < 4.78 is 43.2. The van der Waals surface area contributed by atoms with Crippen molar-refractivity contribution in [3.63, 3.8) is 0 Å². The quantitative estimate of drug-likeness (QED) is 0.818. The lowest BCUT2D eigenvalue weighted by Crippen LogP contribution is -2.22. The highest BCUT2D eigenvalue weighted by Crippen LogP contribution is 2.30. The lowest BCUT2D eigenvalue weighted by Gasteiger charge is -2.16. The number of rotatable bonds is 7. The minimum Gasteiger partial charge on any atom is -0.378 e. The van der Waals surface area contributed by atoms with Crippen molar-refractivity contribution in [2.45, 2.75) is 45.4 Å². The van der Waals surface area contributed by atoms with E-state index < -0.39 is 11.7 Å². The van der Waals surface area contributed by atoms with Crippen LogP contribution in [-0.4, -0.2) is 18.6 Å². The van der Waals surface area contributed by atoms with Gasteiger partial charge in [-0.25, -0.2) is 0 Å². The summed E-state index contributed by atoms with van der Waals surface area (Å²) in [6.45, 7) is 4.33. The van der Waals surface area contributed by atoms with E-state index in [0.717, 1.165) is 25.0 Å². The third-order valence-corrected chi connectivity index (χ3v) is 2.90. The average Bonchev–Trinajstić information content (AvgIpc) is 2.38. The Bertz CT molecular complexity index is 454. The lowest BCUT2D eigenvalue weighted by molar-refractivity contribution is -0.137. The number of hydrogen-bond acceptors (Lipinski definition) is 2. The van der Waals surface area contributed by atoms with Gasteiger partial charge in [0.15, 0.2) is 0 Å². The Morgan fingerprint density at radius 3 is 2.62 bits per heavy atom. The molecule has 1 amide bonds. The number of halogens is 3. The zero-order valence-electron chi connectivity index (χ0n) is 12.2. The molecule has 0 heterocycles. The maximum absolute atomic E-state index is 12.6. The molecule has 3 nitrogen and oxygen atoms in total. The van der Waals surface area contributed by atoms with Crippen LogP contribution in [0.3, 0.4) is 0 Å². The van der Waals surface area contributed by atoms with E-state index in [-0.39, 0.29) is 24.1 Å². The monoisotopic (exact) mass is 303 g/mol. The van der Waals surface area contributed by atoms with Crippen LogP contribution in [0, 0.1) is 0 Å². The second-order valence-corrected chi connectivity index (χ2v) is 4.70. The Kier molecular flexibility index (Phi) is 6.68. The van der Waals surface area contributed by atoms with Crippen molar-refractivity contribution < 1.29 is 22.7 Å². The van der Waals surface area contributed by atoms with Crippen LogP contribution in [-0.2, 0) is 15.7 Å². The van der Waals surface area contributed by atoms with Crippen molar-refractivity contribution in [3.05, 3.63) is 29.8 Å². The smallest absolute Gasteiger partial charge is 0.378 e. The molecule has 0 radical (unpaired) electrons. The first-order valence-corrected chi connectivity index (χ1v) is 6.95. The molecule has 1 atom stereocenters. The molecular formula is C15H20F3NO2. The number of carbonyl (C=O) groups is 1. The SMILES string of the molecule is CCCC(CC(=O)Nc1cccc(C(F)(F)F)c1)OCC. The van der Waals surface area contributed by atoms with Crippen molar-refractivity contribution in [2.75, 3.05) is 11.9 Å². The second kappa shape index (κ2) is 8.02. The highest BCUT2D eigenvalue weighted by Gasteiger charge is 2.30. The number of carbonyl (C=O) groups excluding carboxylic acids is 1. The van der Waals surface area contributed by atoms with Crippen LogP contribution in [0.2, 0.25) is 0 Å². The van der Waals surface area contributed by atoms with Gasteiger partial charge in [-0.05, 0) is 31.5 Å². The van der Waals surface area contributed by atoms with Crippen LogP contribution in [0.4, 0.5) is 18.9 Å². The molecule has 1 N–H and O–H groups in total. The van der Waals surface area contributed by atoms with Gasteiger partial charge in [0.2, 0.25) is 5.91 Å². The van der Waals surface area contributed by atoms with E-state index >= 15 is 0 Å². The minimum atomic E-state index is -4.42. The molecule has 1 aromatic rings. The summed E-state index contributed by atoms with van der Waals surface area (Å²) in [6.07, 6.45) is -2.87. The molecule has 21 heavy (non-hydrogen) atoms. The van der Waals surface area contributed by atoms with Gasteiger partial charge >= 0.3 is 6.18 Å². The second-order valence-electron chi connectivity index (χ2n) is 4.70. The predicted molar refractivity (Wildman–Crippen MR) is 75.0 cm³/mol. The van der Waals surface area contributed by atoms with Crippen LogP contribution < -0.4 is 5.32 Å². The molecule has 0 aromatic heterocycles. The molecule has 0 aliphatic heterocycles. The predicted octanol–water partition coefficient (Wildman–Crippen LogP) is 4.24. The molecule has 0 aliphatic rings. The number of benzene rings is 1. The zero-order chi connectivity index (χ0) is 15.9. The fourth-order valence-corrected chi connectivity index (χ4v) is 1.99. The summed E-state index contributed by atoms with van der Waals surface area (Å²) in [7, 11) is 0. The van der Waals surface area contributed by atoms with E-state index in [1.54, 1.807) is 0 Å². The summed E-state index contributed by atoms with van der Waals surface area (Å²) in [5, 5.41) is 2.48. The minimum absolute atomic E-state index is 0.137. The Labute approximate surface area is 122 Å². The van der Waals surface area contributed by atoms with E-state index in [0.29, 0.717) is 6.61 Å². The molecule has 0 fully saturated rings. The third-order valence-electron chi connectivity index (χ3n) is 2.90. The Hall–Kier alpha value is -1.56. The molecule has 0 bridgehead atoms. The highest BCUT2D eigenvalue weighted by molar-refractivity contribution is 5.91. The standard InChI is InChI=1S/C15H20F3NO2/c1-3-6-13(21-4-2)10-14(20)19-12-8-5-7-11(9-12)15(16,17)18/h5,7-9,13H,3-4,6,10H2,1-2H3,(H,19,20). The number of nitrogens with one attached hydrogen (secondary N) is 1. The van der Waals surface area contributed by atoms with Crippen LogP contribution in [0.25, 0.3) is 0 Å². The van der Waals surface area contributed by atoms with Crippen LogP contribution in [0.5, 0.6) is 0 Å². The van der Waals surface area contributed by atoms with Crippen molar-refractivity contribution in [1.82, 2.24) is 0 Å². The Morgan fingerprint density at radius 2 is 2.05 bits per heavy atom. The first-order valence-electron chi connectivity index (χ1n) is 6.95. The van der Waals surface area contributed by atoms with Gasteiger partial charge < -0.3 is 10.1 Å². The summed E-state index contributed by atoms with van der Waals surface area (Å²) in [5.74, 6) is -0.346. The topological polar surface area (TPSA) is 38.3 Å². The molecule has 118 valence electrons.